The van der Waals surface area contributed by atoms with Crippen molar-refractivity contribution in [3.8, 4) is 22.9 Å². The molecule has 0 radical (unpaired) electrons. The van der Waals surface area contributed by atoms with Crippen LogP contribution in [0.15, 0.2) is 54.9 Å². The fourth-order valence-corrected chi connectivity index (χ4v) is 6.13. The van der Waals surface area contributed by atoms with Crippen molar-refractivity contribution in [1.82, 2.24) is 20.3 Å². The average molecular weight is 617 g/mol. The molecular weight excluding hydrogens is 583 g/mol. The maximum absolute atomic E-state index is 15.0. The first-order valence-electron chi connectivity index (χ1n) is 13.4. The minimum absolute atomic E-state index is 0. The normalized spacial score (nSPS) is 16.0. The van der Waals surface area contributed by atoms with Gasteiger partial charge >= 0.3 is 0 Å². The van der Waals surface area contributed by atoms with E-state index in [2.05, 4.69) is 25.3 Å². The SMILES string of the molecule is COC(C)CS(=O)(=O)Nc1c(F)ccc2c(Oc3ncccc3-c3ccnc(NC4CCCNC4)n3)c(C)ccc12.Cl. The Morgan fingerprint density at radius 2 is 1.93 bits per heavy atom. The van der Waals surface area contributed by atoms with Gasteiger partial charge in [0.1, 0.15) is 11.6 Å². The molecule has 2 aromatic carbocycles. The Labute approximate surface area is 250 Å². The molecule has 1 saturated heterocycles. The van der Waals surface area contributed by atoms with Crippen LogP contribution in [0.25, 0.3) is 22.0 Å². The standard InChI is InChI=1S/C29H33FN6O4S.ClH/c1-18-8-9-21-22(10-11-24(30)26(21)36-41(37,38)17-19(2)39-3)27(18)40-28-23(7-5-14-32-28)25-12-15-33-29(35-25)34-20-6-4-13-31-16-20;/h5,7-12,14-15,19-20,31,36H,4,6,13,16-17H2,1-3H3,(H,33,34,35);1H. The third-order valence-corrected chi connectivity index (χ3v) is 8.37. The summed E-state index contributed by atoms with van der Waals surface area (Å²) in [6.45, 7) is 5.34. The first-order chi connectivity index (χ1) is 19.7. The highest BCUT2D eigenvalue weighted by atomic mass is 35.5. The zero-order chi connectivity index (χ0) is 29.0. The van der Waals surface area contributed by atoms with Crippen molar-refractivity contribution >= 4 is 44.8 Å². The average Bonchev–Trinajstić information content (AvgIpc) is 2.96. The summed E-state index contributed by atoms with van der Waals surface area (Å²) in [7, 11) is -2.47. The maximum atomic E-state index is 15.0. The summed E-state index contributed by atoms with van der Waals surface area (Å²) < 4.78 is 54.3. The van der Waals surface area contributed by atoms with Crippen molar-refractivity contribution in [2.24, 2.45) is 0 Å². The number of nitrogens with one attached hydrogen (secondary N) is 3. The van der Waals surface area contributed by atoms with Gasteiger partial charge in [-0.05, 0) is 69.1 Å². The van der Waals surface area contributed by atoms with Crippen molar-refractivity contribution in [2.45, 2.75) is 38.8 Å². The third-order valence-electron chi connectivity index (χ3n) is 6.94. The van der Waals surface area contributed by atoms with E-state index in [0.29, 0.717) is 39.6 Å². The Hall–Kier alpha value is -3.58. The van der Waals surface area contributed by atoms with E-state index < -0.39 is 21.9 Å². The van der Waals surface area contributed by atoms with Crippen LogP contribution in [0.5, 0.6) is 11.6 Å². The molecule has 0 bridgehead atoms. The molecule has 42 heavy (non-hydrogen) atoms. The molecule has 5 rings (SSSR count). The van der Waals surface area contributed by atoms with Gasteiger partial charge in [0, 0.05) is 42.9 Å². The molecule has 2 aromatic heterocycles. The Balaban J connectivity index is 0.00000405. The van der Waals surface area contributed by atoms with Gasteiger partial charge in [-0.25, -0.2) is 27.8 Å². The van der Waals surface area contributed by atoms with Gasteiger partial charge in [-0.15, -0.1) is 12.4 Å². The van der Waals surface area contributed by atoms with Gasteiger partial charge in [0.15, 0.2) is 0 Å². The molecule has 224 valence electrons. The van der Waals surface area contributed by atoms with Crippen LogP contribution in [0, 0.1) is 12.7 Å². The first kappa shape index (κ1) is 31.4. The van der Waals surface area contributed by atoms with E-state index in [1.54, 1.807) is 49.6 Å². The topological polar surface area (TPSA) is 127 Å². The lowest BCUT2D eigenvalue weighted by atomic mass is 10.0. The summed E-state index contributed by atoms with van der Waals surface area (Å²) in [6, 6.07) is 11.9. The van der Waals surface area contributed by atoms with E-state index in [1.165, 1.54) is 13.2 Å². The Morgan fingerprint density at radius 1 is 1.12 bits per heavy atom. The van der Waals surface area contributed by atoms with E-state index in [1.807, 2.05) is 13.0 Å². The predicted molar refractivity (Wildman–Crippen MR) is 165 cm³/mol. The molecule has 0 saturated carbocycles. The highest BCUT2D eigenvalue weighted by molar-refractivity contribution is 7.92. The number of halogens is 2. The first-order valence-corrected chi connectivity index (χ1v) is 15.1. The molecule has 2 atom stereocenters. The summed E-state index contributed by atoms with van der Waals surface area (Å²) >= 11 is 0. The van der Waals surface area contributed by atoms with E-state index in [9.17, 15) is 12.8 Å². The number of fused-ring (bicyclic) bond motifs is 1. The summed E-state index contributed by atoms with van der Waals surface area (Å²) in [5, 5.41) is 7.64. The molecule has 1 fully saturated rings. The molecule has 3 N–H and O–H groups in total. The van der Waals surface area contributed by atoms with E-state index in [4.69, 9.17) is 14.5 Å². The molecule has 10 nitrogen and oxygen atoms in total. The summed E-state index contributed by atoms with van der Waals surface area (Å²) in [5.41, 5.74) is 1.88. The molecule has 0 spiro atoms. The number of aryl methyl sites for hydroxylation is 1. The molecular formula is C29H34ClFN6O4S. The van der Waals surface area contributed by atoms with Crippen molar-refractivity contribution in [1.29, 1.82) is 0 Å². The van der Waals surface area contributed by atoms with Crippen LogP contribution in [0.1, 0.15) is 25.3 Å². The molecule has 4 aromatic rings. The number of ether oxygens (including phenoxy) is 2. The number of aromatic nitrogens is 3. The molecule has 1 aliphatic rings. The lowest BCUT2D eigenvalue weighted by Crippen LogP contribution is -2.38. The van der Waals surface area contributed by atoms with Crippen LogP contribution in [0.4, 0.5) is 16.0 Å². The summed E-state index contributed by atoms with van der Waals surface area (Å²) in [5.74, 6) is 0.219. The minimum Gasteiger partial charge on any atom is -0.437 e. The maximum Gasteiger partial charge on any atom is 0.235 e. The number of rotatable bonds is 10. The van der Waals surface area contributed by atoms with Gasteiger partial charge in [-0.3, -0.25) is 4.72 Å². The molecule has 2 unspecified atom stereocenters. The van der Waals surface area contributed by atoms with E-state index in [0.717, 1.165) is 31.5 Å². The monoisotopic (exact) mass is 616 g/mol. The quantitative estimate of drug-likeness (QED) is 0.218. The van der Waals surface area contributed by atoms with Crippen LogP contribution in [0.3, 0.4) is 0 Å². The molecule has 0 amide bonds. The molecule has 0 aliphatic carbocycles. The highest BCUT2D eigenvalue weighted by Crippen LogP contribution is 2.39. The smallest absolute Gasteiger partial charge is 0.235 e. The zero-order valence-electron chi connectivity index (χ0n) is 23.6. The van der Waals surface area contributed by atoms with Crippen LogP contribution in [-0.2, 0) is 14.8 Å². The second kappa shape index (κ2) is 13.6. The second-order valence-electron chi connectivity index (χ2n) is 10.1. The number of benzene rings is 2. The van der Waals surface area contributed by atoms with Crippen molar-refractivity contribution < 1.29 is 22.3 Å². The lowest BCUT2D eigenvalue weighted by Gasteiger charge is -2.23. The summed E-state index contributed by atoms with van der Waals surface area (Å²) in [6.07, 6.45) is 4.86. The van der Waals surface area contributed by atoms with Crippen molar-refractivity contribution in [3.05, 3.63) is 66.2 Å². The number of nitrogens with zero attached hydrogens (tertiary/aromatic N) is 3. The summed E-state index contributed by atoms with van der Waals surface area (Å²) in [4.78, 5) is 13.6. The molecule has 1 aliphatic heterocycles. The number of piperidine rings is 1. The van der Waals surface area contributed by atoms with Crippen LogP contribution in [-0.4, -0.2) is 61.5 Å². The number of sulfonamides is 1. The van der Waals surface area contributed by atoms with Gasteiger partial charge < -0.3 is 20.1 Å². The molecule has 3 heterocycles. The number of anilines is 2. The Morgan fingerprint density at radius 3 is 2.69 bits per heavy atom. The second-order valence-corrected chi connectivity index (χ2v) is 11.8. The van der Waals surface area contributed by atoms with Crippen LogP contribution in [0.2, 0.25) is 0 Å². The van der Waals surface area contributed by atoms with Crippen LogP contribution < -0.4 is 20.1 Å². The lowest BCUT2D eigenvalue weighted by molar-refractivity contribution is 0.136. The van der Waals surface area contributed by atoms with E-state index in [-0.39, 0.29) is 29.9 Å². The van der Waals surface area contributed by atoms with Gasteiger partial charge in [-0.2, -0.15) is 0 Å². The molecule has 13 heteroatoms. The number of hydrogen-bond donors (Lipinski definition) is 3. The van der Waals surface area contributed by atoms with Crippen LogP contribution >= 0.6 is 12.4 Å². The van der Waals surface area contributed by atoms with Gasteiger partial charge in [0.2, 0.25) is 21.9 Å². The number of hydrogen-bond acceptors (Lipinski definition) is 9. The number of pyridine rings is 1. The highest BCUT2D eigenvalue weighted by Gasteiger charge is 2.22. The number of methoxy groups -OCH3 is 1. The zero-order valence-corrected chi connectivity index (χ0v) is 25.2. The fraction of sp³-hybridized carbons (Fsp3) is 0.345. The Bertz CT molecular complexity index is 1650. The van der Waals surface area contributed by atoms with Gasteiger partial charge in [0.25, 0.3) is 0 Å². The fourth-order valence-electron chi connectivity index (χ4n) is 4.77. The van der Waals surface area contributed by atoms with Gasteiger partial charge in [-0.1, -0.05) is 12.1 Å². The van der Waals surface area contributed by atoms with Crippen molar-refractivity contribution in [3.63, 3.8) is 0 Å². The third kappa shape index (κ3) is 7.24. The predicted octanol–water partition coefficient (Wildman–Crippen LogP) is 5.29. The van der Waals surface area contributed by atoms with E-state index >= 15 is 0 Å². The Kier molecular flexibility index (Phi) is 10.2. The minimum atomic E-state index is -3.89. The van der Waals surface area contributed by atoms with Crippen molar-refractivity contribution in [2.75, 3.05) is 36.0 Å². The largest absolute Gasteiger partial charge is 0.437 e. The van der Waals surface area contributed by atoms with Gasteiger partial charge in [0.05, 0.1) is 28.8 Å².